The zero-order chi connectivity index (χ0) is 19.9. The first-order valence-electron chi connectivity index (χ1n) is 8.70. The van der Waals surface area contributed by atoms with Crippen molar-refractivity contribution in [1.29, 1.82) is 0 Å². The second-order valence-corrected chi connectivity index (χ2v) is 10.4. The van der Waals surface area contributed by atoms with Gasteiger partial charge in [-0.05, 0) is 43.0 Å². The Balaban J connectivity index is 1.88. The molecular weight excluding hydrogens is 414 g/mol. The van der Waals surface area contributed by atoms with Gasteiger partial charge in [-0.2, -0.15) is 0 Å². The summed E-state index contributed by atoms with van der Waals surface area (Å²) in [7, 11) is -3.63. The van der Waals surface area contributed by atoms with E-state index in [0.29, 0.717) is 16.4 Å². The fourth-order valence-electron chi connectivity index (χ4n) is 3.16. The van der Waals surface area contributed by atoms with E-state index in [1.54, 1.807) is 23.7 Å². The summed E-state index contributed by atoms with van der Waals surface area (Å²) in [5.41, 5.74) is 3.23. The highest BCUT2D eigenvalue weighted by molar-refractivity contribution is 7.94. The van der Waals surface area contributed by atoms with Gasteiger partial charge in [0, 0.05) is 18.1 Å². The van der Waals surface area contributed by atoms with Crippen LogP contribution < -0.4 is 4.31 Å². The smallest absolute Gasteiger partial charge is 0.273 e. The molecule has 9 heteroatoms. The largest absolute Gasteiger partial charge is 0.391 e. The monoisotopic (exact) mass is 433 g/mol. The van der Waals surface area contributed by atoms with E-state index >= 15 is 0 Å². The molecule has 0 saturated heterocycles. The second kappa shape index (κ2) is 7.32. The lowest BCUT2D eigenvalue weighted by Crippen LogP contribution is -2.30. The lowest BCUT2D eigenvalue weighted by Gasteiger charge is -2.23. The summed E-state index contributed by atoms with van der Waals surface area (Å²) >= 11 is 2.62. The number of anilines is 1. The average molecular weight is 434 g/mol. The van der Waals surface area contributed by atoms with Crippen LogP contribution in [0.25, 0.3) is 21.6 Å². The van der Waals surface area contributed by atoms with Crippen LogP contribution in [0.5, 0.6) is 0 Å². The number of aliphatic hydroxyl groups excluding tert-OH is 1. The zero-order valence-corrected chi connectivity index (χ0v) is 17.8. The molecule has 0 aliphatic carbocycles. The van der Waals surface area contributed by atoms with Crippen molar-refractivity contribution in [3.63, 3.8) is 0 Å². The van der Waals surface area contributed by atoms with Gasteiger partial charge < -0.3 is 10.1 Å². The summed E-state index contributed by atoms with van der Waals surface area (Å²) in [4.78, 5) is 8.50. The van der Waals surface area contributed by atoms with Crippen LogP contribution in [0.3, 0.4) is 0 Å². The summed E-state index contributed by atoms with van der Waals surface area (Å²) in [6.07, 6.45) is 1.65. The molecule has 4 rings (SSSR count). The molecule has 4 aromatic rings. The summed E-state index contributed by atoms with van der Waals surface area (Å²) in [6.45, 7) is 4.09. The number of aromatic amines is 1. The molecule has 0 bridgehead atoms. The standard InChI is InChI=1S/C19H19N3O3S3/c1-3-22(28(24,25)17-5-4-8-26-17)16-7-6-12(2)14-9-15(21-18(14)16)19-20-10-13(11-23)27-19/h4-10,21,23H,3,11H2,1-2H3. The lowest BCUT2D eigenvalue weighted by atomic mass is 10.1. The lowest BCUT2D eigenvalue weighted by molar-refractivity contribution is 0.285. The van der Waals surface area contributed by atoms with Crippen molar-refractivity contribution in [1.82, 2.24) is 9.97 Å². The highest BCUT2D eigenvalue weighted by Crippen LogP contribution is 2.36. The molecule has 0 unspecified atom stereocenters. The van der Waals surface area contributed by atoms with Gasteiger partial charge in [0.2, 0.25) is 0 Å². The van der Waals surface area contributed by atoms with E-state index in [4.69, 9.17) is 0 Å². The number of H-pyrrole nitrogens is 1. The maximum Gasteiger partial charge on any atom is 0.273 e. The van der Waals surface area contributed by atoms with Gasteiger partial charge in [-0.15, -0.1) is 22.7 Å². The number of aryl methyl sites for hydroxylation is 1. The predicted octanol–water partition coefficient (Wildman–Crippen LogP) is 4.37. The van der Waals surface area contributed by atoms with Gasteiger partial charge in [-0.1, -0.05) is 12.1 Å². The number of sulfonamides is 1. The minimum Gasteiger partial charge on any atom is -0.391 e. The predicted molar refractivity (Wildman–Crippen MR) is 115 cm³/mol. The van der Waals surface area contributed by atoms with E-state index in [2.05, 4.69) is 9.97 Å². The maximum atomic E-state index is 13.2. The van der Waals surface area contributed by atoms with Crippen molar-refractivity contribution in [3.8, 4) is 10.7 Å². The van der Waals surface area contributed by atoms with Crippen molar-refractivity contribution >= 4 is 49.3 Å². The van der Waals surface area contributed by atoms with E-state index in [1.807, 2.05) is 32.0 Å². The highest BCUT2D eigenvalue weighted by Gasteiger charge is 2.27. The maximum absolute atomic E-state index is 13.2. The Hall–Kier alpha value is -2.20. The van der Waals surface area contributed by atoms with Gasteiger partial charge in [0.25, 0.3) is 10.0 Å². The van der Waals surface area contributed by atoms with Gasteiger partial charge in [0.05, 0.1) is 28.4 Å². The Morgan fingerprint density at radius 2 is 2.11 bits per heavy atom. The first kappa shape index (κ1) is 19.1. The Bertz CT molecular complexity index is 1220. The van der Waals surface area contributed by atoms with Crippen LogP contribution in [0.1, 0.15) is 17.4 Å². The zero-order valence-electron chi connectivity index (χ0n) is 15.3. The quantitative estimate of drug-likeness (QED) is 0.473. The number of hydrogen-bond acceptors (Lipinski definition) is 6. The number of benzene rings is 1. The van der Waals surface area contributed by atoms with Crippen LogP contribution in [0.4, 0.5) is 5.69 Å². The van der Waals surface area contributed by atoms with Crippen molar-refractivity contribution in [2.45, 2.75) is 24.7 Å². The fraction of sp³-hybridized carbons (Fsp3) is 0.211. The van der Waals surface area contributed by atoms with E-state index < -0.39 is 10.0 Å². The molecule has 3 aromatic heterocycles. The number of nitrogens with zero attached hydrogens (tertiary/aromatic N) is 2. The minimum absolute atomic E-state index is 0.0508. The van der Waals surface area contributed by atoms with Gasteiger partial charge in [-0.25, -0.2) is 13.4 Å². The molecule has 0 fully saturated rings. The topological polar surface area (TPSA) is 86.3 Å². The molecule has 0 saturated carbocycles. The molecular formula is C19H19N3O3S3. The molecule has 0 spiro atoms. The summed E-state index contributed by atoms with van der Waals surface area (Å²) in [6, 6.07) is 9.13. The summed E-state index contributed by atoms with van der Waals surface area (Å²) in [5.74, 6) is 0. The Morgan fingerprint density at radius 1 is 1.29 bits per heavy atom. The molecule has 0 aliphatic heterocycles. The molecule has 3 heterocycles. The molecule has 0 radical (unpaired) electrons. The van der Waals surface area contributed by atoms with Crippen LogP contribution in [0, 0.1) is 6.92 Å². The molecule has 146 valence electrons. The van der Waals surface area contributed by atoms with Gasteiger partial charge >= 0.3 is 0 Å². The molecule has 2 N–H and O–H groups in total. The van der Waals surface area contributed by atoms with Crippen LogP contribution in [-0.2, 0) is 16.6 Å². The number of aliphatic hydroxyl groups is 1. The van der Waals surface area contributed by atoms with Crippen molar-refractivity contribution in [2.24, 2.45) is 0 Å². The van der Waals surface area contributed by atoms with E-state index in [-0.39, 0.29) is 6.61 Å². The Kier molecular flexibility index (Phi) is 5.00. The number of aromatic nitrogens is 2. The molecule has 0 amide bonds. The van der Waals surface area contributed by atoms with Crippen LogP contribution >= 0.6 is 22.7 Å². The molecule has 6 nitrogen and oxygen atoms in total. The van der Waals surface area contributed by atoms with Gasteiger partial charge in [0.15, 0.2) is 0 Å². The summed E-state index contributed by atoms with van der Waals surface area (Å²) < 4.78 is 28.1. The first-order chi connectivity index (χ1) is 13.5. The average Bonchev–Trinajstić information content (AvgIpc) is 3.43. The molecule has 0 aliphatic rings. The first-order valence-corrected chi connectivity index (χ1v) is 11.8. The Morgan fingerprint density at radius 3 is 2.75 bits per heavy atom. The number of thiophene rings is 1. The van der Waals surface area contributed by atoms with Crippen LogP contribution in [0.15, 0.2) is 46.1 Å². The number of rotatable bonds is 6. The van der Waals surface area contributed by atoms with Gasteiger partial charge in [0.1, 0.15) is 9.22 Å². The van der Waals surface area contributed by atoms with Crippen LogP contribution in [-0.4, -0.2) is 30.0 Å². The van der Waals surface area contributed by atoms with E-state index in [0.717, 1.165) is 32.0 Å². The van der Waals surface area contributed by atoms with E-state index in [9.17, 15) is 13.5 Å². The molecule has 0 atom stereocenters. The highest BCUT2D eigenvalue weighted by atomic mass is 32.2. The Labute approximate surface area is 171 Å². The fourth-order valence-corrected chi connectivity index (χ4v) is 6.50. The summed E-state index contributed by atoms with van der Waals surface area (Å²) in [5, 5.41) is 12.8. The minimum atomic E-state index is -3.63. The second-order valence-electron chi connectivity index (χ2n) is 6.26. The number of nitrogens with one attached hydrogen (secondary N) is 1. The molecule has 28 heavy (non-hydrogen) atoms. The third kappa shape index (κ3) is 3.14. The number of hydrogen-bond donors (Lipinski definition) is 2. The third-order valence-corrected chi connectivity index (χ3v) is 8.80. The van der Waals surface area contributed by atoms with Crippen molar-refractivity contribution < 1.29 is 13.5 Å². The van der Waals surface area contributed by atoms with Crippen molar-refractivity contribution in [3.05, 3.63) is 52.3 Å². The third-order valence-electron chi connectivity index (χ3n) is 4.53. The number of thiazole rings is 1. The van der Waals surface area contributed by atoms with Gasteiger partial charge in [-0.3, -0.25) is 4.31 Å². The van der Waals surface area contributed by atoms with E-state index in [1.165, 1.54) is 27.0 Å². The molecule has 1 aromatic carbocycles. The van der Waals surface area contributed by atoms with Crippen molar-refractivity contribution in [2.75, 3.05) is 10.8 Å². The van der Waals surface area contributed by atoms with Crippen LogP contribution in [0.2, 0.25) is 0 Å². The number of fused-ring (bicyclic) bond motifs is 1. The normalized spacial score (nSPS) is 12.0. The SMILES string of the molecule is CCN(c1ccc(C)c2cc(-c3ncc(CO)s3)[nH]c12)S(=O)(=O)c1cccs1.